The maximum absolute atomic E-state index is 11.5. The number of nitro benzene ring substituents is 1. The molecule has 1 aromatic carbocycles. The van der Waals surface area contributed by atoms with Crippen molar-refractivity contribution in [3.05, 3.63) is 33.9 Å². The van der Waals surface area contributed by atoms with Gasteiger partial charge in [0, 0.05) is 31.3 Å². The average molecular weight is 292 g/mol. The van der Waals surface area contributed by atoms with Gasteiger partial charge in [-0.15, -0.1) is 0 Å². The molecule has 21 heavy (non-hydrogen) atoms. The molecule has 1 aliphatic heterocycles. The van der Waals surface area contributed by atoms with Crippen LogP contribution in [0.5, 0.6) is 0 Å². The minimum Gasteiger partial charge on any atom is -0.379 e. The number of anilines is 1. The van der Waals surface area contributed by atoms with E-state index < -0.39 is 4.92 Å². The fourth-order valence-corrected chi connectivity index (χ4v) is 2.50. The second kappa shape index (κ2) is 7.03. The van der Waals surface area contributed by atoms with Crippen LogP contribution in [0, 0.1) is 10.1 Å². The van der Waals surface area contributed by atoms with Gasteiger partial charge in [0.25, 0.3) is 11.6 Å². The Morgan fingerprint density at radius 3 is 2.95 bits per heavy atom. The van der Waals surface area contributed by atoms with Gasteiger partial charge in [0.15, 0.2) is 0 Å². The molecule has 2 rings (SSSR count). The van der Waals surface area contributed by atoms with Crippen LogP contribution in [0.2, 0.25) is 0 Å². The van der Waals surface area contributed by atoms with Crippen LogP contribution < -0.4 is 16.0 Å². The molecule has 1 amide bonds. The zero-order valence-corrected chi connectivity index (χ0v) is 12.0. The summed E-state index contributed by atoms with van der Waals surface area (Å²) in [5.74, 6) is -0.334. The number of rotatable bonds is 6. The van der Waals surface area contributed by atoms with Crippen LogP contribution in [0.4, 0.5) is 11.4 Å². The Morgan fingerprint density at radius 2 is 2.33 bits per heavy atom. The van der Waals surface area contributed by atoms with E-state index in [1.165, 1.54) is 19.5 Å². The van der Waals surface area contributed by atoms with Crippen LogP contribution in [-0.2, 0) is 0 Å². The number of nitrogens with zero attached hydrogens (tertiary/aromatic N) is 1. The smallest absolute Gasteiger partial charge is 0.293 e. The van der Waals surface area contributed by atoms with E-state index in [1.54, 1.807) is 12.1 Å². The molecule has 7 heteroatoms. The van der Waals surface area contributed by atoms with E-state index in [4.69, 9.17) is 0 Å². The molecule has 0 saturated carbocycles. The number of benzene rings is 1. The molecule has 0 bridgehead atoms. The van der Waals surface area contributed by atoms with E-state index >= 15 is 0 Å². The van der Waals surface area contributed by atoms with Crippen molar-refractivity contribution >= 4 is 17.3 Å². The fourth-order valence-electron chi connectivity index (χ4n) is 2.50. The zero-order chi connectivity index (χ0) is 15.2. The number of amides is 1. The molecule has 3 N–H and O–H groups in total. The van der Waals surface area contributed by atoms with Crippen LogP contribution in [-0.4, -0.2) is 37.0 Å². The van der Waals surface area contributed by atoms with Gasteiger partial charge in [0.05, 0.1) is 4.92 Å². The summed E-state index contributed by atoms with van der Waals surface area (Å²) in [7, 11) is 1.49. The molecule has 0 aromatic heterocycles. The lowest BCUT2D eigenvalue weighted by Crippen LogP contribution is -2.24. The highest BCUT2D eigenvalue weighted by Crippen LogP contribution is 2.25. The molecule has 114 valence electrons. The third kappa shape index (κ3) is 3.91. The molecule has 1 saturated heterocycles. The summed E-state index contributed by atoms with van der Waals surface area (Å²) in [5, 5.41) is 20.1. The minimum absolute atomic E-state index is 0.0736. The van der Waals surface area contributed by atoms with Crippen molar-refractivity contribution in [3.8, 4) is 0 Å². The Hall–Kier alpha value is -2.15. The predicted octanol–water partition coefficient (Wildman–Crippen LogP) is 1.51. The Labute approximate surface area is 123 Å². The summed E-state index contributed by atoms with van der Waals surface area (Å²) < 4.78 is 0. The molecule has 0 radical (unpaired) electrons. The van der Waals surface area contributed by atoms with E-state index in [-0.39, 0.29) is 17.2 Å². The Balaban J connectivity index is 2.03. The van der Waals surface area contributed by atoms with Crippen molar-refractivity contribution in [2.45, 2.75) is 25.3 Å². The van der Waals surface area contributed by atoms with E-state index in [0.717, 1.165) is 19.4 Å². The lowest BCUT2D eigenvalue weighted by molar-refractivity contribution is -0.384. The molecule has 0 unspecified atom stereocenters. The number of hydrogen-bond donors (Lipinski definition) is 3. The Kier molecular flexibility index (Phi) is 5.10. The first-order chi connectivity index (χ1) is 10.1. The fraction of sp³-hybridized carbons (Fsp3) is 0.500. The summed E-state index contributed by atoms with van der Waals surface area (Å²) in [5.41, 5.74) is 0.661. The molecule has 7 nitrogen and oxygen atoms in total. The largest absolute Gasteiger partial charge is 0.379 e. The molecular formula is C14H20N4O3. The molecule has 0 aliphatic carbocycles. The first-order valence-electron chi connectivity index (χ1n) is 7.09. The van der Waals surface area contributed by atoms with Gasteiger partial charge in [0.2, 0.25) is 0 Å². The highest BCUT2D eigenvalue weighted by molar-refractivity contribution is 5.95. The van der Waals surface area contributed by atoms with E-state index in [1.807, 2.05) is 0 Å². The molecule has 1 heterocycles. The molecule has 1 atom stereocenters. The standard InChI is InChI=1S/C14H20N4O3/c1-15-14(19)10-4-5-12(13(9-10)18(20)21)17-8-6-11-3-2-7-16-11/h4-5,9,11,16-17H,2-3,6-8H2,1H3,(H,15,19)/t11-/m1/s1. The lowest BCUT2D eigenvalue weighted by Gasteiger charge is -2.12. The number of nitrogens with one attached hydrogen (secondary N) is 3. The van der Waals surface area contributed by atoms with Gasteiger partial charge in [-0.1, -0.05) is 0 Å². The third-order valence-corrected chi connectivity index (χ3v) is 3.65. The van der Waals surface area contributed by atoms with Gasteiger partial charge in [-0.3, -0.25) is 14.9 Å². The van der Waals surface area contributed by atoms with Crippen LogP contribution in [0.1, 0.15) is 29.6 Å². The topological polar surface area (TPSA) is 96.3 Å². The van der Waals surface area contributed by atoms with Crippen LogP contribution in [0.15, 0.2) is 18.2 Å². The monoisotopic (exact) mass is 292 g/mol. The number of nitro groups is 1. The van der Waals surface area contributed by atoms with Gasteiger partial charge < -0.3 is 16.0 Å². The SMILES string of the molecule is CNC(=O)c1ccc(NCC[C@H]2CCCN2)c([N+](=O)[O-])c1. The summed E-state index contributed by atoms with van der Waals surface area (Å²) in [6, 6.07) is 4.96. The van der Waals surface area contributed by atoms with Gasteiger partial charge in [0.1, 0.15) is 5.69 Å². The number of carbonyl (C=O) groups is 1. The van der Waals surface area contributed by atoms with Crippen LogP contribution in [0.25, 0.3) is 0 Å². The van der Waals surface area contributed by atoms with Gasteiger partial charge >= 0.3 is 0 Å². The molecular weight excluding hydrogens is 272 g/mol. The second-order valence-corrected chi connectivity index (χ2v) is 5.08. The summed E-state index contributed by atoms with van der Waals surface area (Å²) >= 11 is 0. The van der Waals surface area contributed by atoms with Crippen LogP contribution >= 0.6 is 0 Å². The molecule has 1 aromatic rings. The van der Waals surface area contributed by atoms with Gasteiger partial charge in [-0.2, -0.15) is 0 Å². The first-order valence-corrected chi connectivity index (χ1v) is 7.09. The number of carbonyl (C=O) groups excluding carboxylic acids is 1. The normalized spacial score (nSPS) is 17.5. The maximum Gasteiger partial charge on any atom is 0.293 e. The lowest BCUT2D eigenvalue weighted by atomic mass is 10.1. The third-order valence-electron chi connectivity index (χ3n) is 3.65. The molecule has 1 aliphatic rings. The van der Waals surface area contributed by atoms with Crippen LogP contribution in [0.3, 0.4) is 0 Å². The summed E-state index contributed by atoms with van der Waals surface area (Å²) in [4.78, 5) is 22.2. The highest BCUT2D eigenvalue weighted by atomic mass is 16.6. The van der Waals surface area contributed by atoms with Gasteiger partial charge in [-0.05, 0) is 37.9 Å². The van der Waals surface area contributed by atoms with E-state index in [2.05, 4.69) is 16.0 Å². The van der Waals surface area contributed by atoms with Crippen molar-refractivity contribution in [2.24, 2.45) is 0 Å². The van der Waals surface area contributed by atoms with Crippen molar-refractivity contribution in [3.63, 3.8) is 0 Å². The van der Waals surface area contributed by atoms with Crippen molar-refractivity contribution < 1.29 is 9.72 Å². The highest BCUT2D eigenvalue weighted by Gasteiger charge is 2.18. The first kappa shape index (κ1) is 15.2. The molecule has 1 fully saturated rings. The quantitative estimate of drug-likeness (QED) is 0.545. The number of hydrogen-bond acceptors (Lipinski definition) is 5. The van der Waals surface area contributed by atoms with Crippen molar-refractivity contribution in [1.82, 2.24) is 10.6 Å². The Morgan fingerprint density at radius 1 is 1.52 bits per heavy atom. The van der Waals surface area contributed by atoms with Gasteiger partial charge in [-0.25, -0.2) is 0 Å². The predicted molar refractivity (Wildman–Crippen MR) is 80.6 cm³/mol. The van der Waals surface area contributed by atoms with E-state index in [0.29, 0.717) is 18.3 Å². The van der Waals surface area contributed by atoms with Crippen molar-refractivity contribution in [1.29, 1.82) is 0 Å². The molecule has 0 spiro atoms. The van der Waals surface area contributed by atoms with E-state index in [9.17, 15) is 14.9 Å². The summed E-state index contributed by atoms with van der Waals surface area (Å²) in [6.45, 7) is 1.71. The second-order valence-electron chi connectivity index (χ2n) is 5.08. The zero-order valence-electron chi connectivity index (χ0n) is 12.0. The Bertz CT molecular complexity index is 527. The average Bonchev–Trinajstić information content (AvgIpc) is 2.99. The van der Waals surface area contributed by atoms with Crippen molar-refractivity contribution in [2.75, 3.05) is 25.5 Å². The summed E-state index contributed by atoms with van der Waals surface area (Å²) in [6.07, 6.45) is 3.26. The maximum atomic E-state index is 11.5. The minimum atomic E-state index is -0.470.